The topological polar surface area (TPSA) is 63.9 Å². The molecule has 0 unspecified atom stereocenters. The molecule has 0 saturated carbocycles. The third kappa shape index (κ3) is 2.73. The maximum Gasteiger partial charge on any atom is 0.135 e. The second kappa shape index (κ2) is 6.03. The predicted octanol–water partition coefficient (Wildman–Crippen LogP) is 3.38. The highest BCUT2D eigenvalue weighted by molar-refractivity contribution is 5.85. The number of rotatable bonds is 4. The Morgan fingerprint density at radius 3 is 2.77 bits per heavy atom. The van der Waals surface area contributed by atoms with Gasteiger partial charge < -0.3 is 15.5 Å². The van der Waals surface area contributed by atoms with E-state index in [1.54, 1.807) is 7.11 Å². The Bertz CT molecular complexity index is 800. The summed E-state index contributed by atoms with van der Waals surface area (Å²) >= 11 is 0. The molecular weight excluding hydrogens is 274 g/mol. The lowest BCUT2D eigenvalue weighted by Crippen LogP contribution is -2.03. The van der Waals surface area contributed by atoms with Crippen LogP contribution in [-0.2, 0) is 0 Å². The fourth-order valence-electron chi connectivity index (χ4n) is 2.52. The molecule has 1 aromatic heterocycles. The summed E-state index contributed by atoms with van der Waals surface area (Å²) in [6.45, 7) is 2.45. The zero-order valence-electron chi connectivity index (χ0n) is 12.8. The summed E-state index contributed by atoms with van der Waals surface area (Å²) in [7, 11) is 1.68. The van der Waals surface area contributed by atoms with Gasteiger partial charge in [-0.3, -0.25) is 0 Å². The van der Waals surface area contributed by atoms with Gasteiger partial charge in [-0.25, -0.2) is 4.98 Å². The van der Waals surface area contributed by atoms with Crippen molar-refractivity contribution in [2.24, 2.45) is 5.73 Å². The molecule has 0 radical (unpaired) electrons. The Balaban J connectivity index is 2.00. The number of nitrogens with zero attached hydrogens (tertiary/aromatic N) is 1. The van der Waals surface area contributed by atoms with Gasteiger partial charge in [0.25, 0.3) is 0 Å². The van der Waals surface area contributed by atoms with Crippen molar-refractivity contribution in [1.29, 1.82) is 0 Å². The average molecular weight is 293 g/mol. The van der Waals surface area contributed by atoms with Gasteiger partial charge in [0.1, 0.15) is 11.6 Å². The Morgan fingerprint density at radius 1 is 1.27 bits per heavy atom. The molecule has 1 heterocycles. The van der Waals surface area contributed by atoms with Crippen LogP contribution in [0.1, 0.15) is 17.0 Å². The van der Waals surface area contributed by atoms with Crippen LogP contribution in [0.15, 0.2) is 42.5 Å². The second-order valence-electron chi connectivity index (χ2n) is 5.21. The molecule has 22 heavy (non-hydrogen) atoms. The van der Waals surface area contributed by atoms with Gasteiger partial charge in [0, 0.05) is 12.1 Å². The number of imidazole rings is 1. The van der Waals surface area contributed by atoms with Gasteiger partial charge in [0.15, 0.2) is 0 Å². The van der Waals surface area contributed by atoms with Crippen LogP contribution in [0.3, 0.4) is 0 Å². The van der Waals surface area contributed by atoms with E-state index < -0.39 is 0 Å². The van der Waals surface area contributed by atoms with Crippen LogP contribution in [0, 0.1) is 6.92 Å². The van der Waals surface area contributed by atoms with E-state index >= 15 is 0 Å². The number of fused-ring (bicyclic) bond motifs is 1. The summed E-state index contributed by atoms with van der Waals surface area (Å²) in [6.07, 6.45) is 2.06. The van der Waals surface area contributed by atoms with Crippen LogP contribution < -0.4 is 10.5 Å². The molecule has 3 aromatic rings. The molecule has 3 rings (SSSR count). The lowest BCUT2D eigenvalue weighted by molar-refractivity contribution is 0.411. The van der Waals surface area contributed by atoms with E-state index in [2.05, 4.69) is 22.1 Å². The van der Waals surface area contributed by atoms with Crippen molar-refractivity contribution in [2.75, 3.05) is 13.7 Å². The van der Waals surface area contributed by atoms with Crippen molar-refractivity contribution in [2.45, 2.75) is 6.92 Å². The van der Waals surface area contributed by atoms with Gasteiger partial charge in [-0.15, -0.1) is 0 Å². The van der Waals surface area contributed by atoms with E-state index in [0.29, 0.717) is 6.54 Å². The minimum absolute atomic E-state index is 0.422. The molecule has 3 N–H and O–H groups in total. The van der Waals surface area contributed by atoms with Crippen molar-refractivity contribution in [3.8, 4) is 5.75 Å². The van der Waals surface area contributed by atoms with Gasteiger partial charge >= 0.3 is 0 Å². The van der Waals surface area contributed by atoms with Crippen LogP contribution in [-0.4, -0.2) is 23.6 Å². The van der Waals surface area contributed by atoms with E-state index in [9.17, 15) is 0 Å². The van der Waals surface area contributed by atoms with Gasteiger partial charge in [0.2, 0.25) is 0 Å². The van der Waals surface area contributed by atoms with E-state index in [-0.39, 0.29) is 0 Å². The smallest absolute Gasteiger partial charge is 0.135 e. The largest absolute Gasteiger partial charge is 0.496 e. The van der Waals surface area contributed by atoms with Crippen LogP contribution in [0.25, 0.3) is 22.7 Å². The van der Waals surface area contributed by atoms with E-state index in [4.69, 9.17) is 10.5 Å². The lowest BCUT2D eigenvalue weighted by atomic mass is 10.1. The average Bonchev–Trinajstić information content (AvgIpc) is 2.96. The van der Waals surface area contributed by atoms with E-state index in [0.717, 1.165) is 39.3 Å². The molecule has 0 atom stereocenters. The third-order valence-corrected chi connectivity index (χ3v) is 3.67. The zero-order chi connectivity index (χ0) is 15.5. The number of methoxy groups -OCH3 is 1. The standard InChI is InChI=1S/C18H19N3O/c1-12-9-13(7-8-17(12)22-2)10-14(11-19)18-20-15-5-3-4-6-16(15)21-18/h3-10H,11,19H2,1-2H3,(H,20,21)/b14-10-. The van der Waals surface area contributed by atoms with Gasteiger partial charge in [0.05, 0.1) is 18.1 Å². The number of hydrogen-bond donors (Lipinski definition) is 2. The third-order valence-electron chi connectivity index (χ3n) is 3.67. The van der Waals surface area contributed by atoms with Gasteiger partial charge in [-0.05, 0) is 48.4 Å². The zero-order valence-corrected chi connectivity index (χ0v) is 12.8. The highest BCUT2D eigenvalue weighted by Gasteiger charge is 2.07. The number of H-pyrrole nitrogens is 1. The number of aromatic amines is 1. The maximum absolute atomic E-state index is 5.92. The number of benzene rings is 2. The minimum atomic E-state index is 0.422. The van der Waals surface area contributed by atoms with Crippen LogP contribution in [0.5, 0.6) is 5.75 Å². The first-order valence-electron chi connectivity index (χ1n) is 7.21. The molecule has 4 heteroatoms. The molecule has 0 spiro atoms. The molecule has 0 aliphatic heterocycles. The van der Waals surface area contributed by atoms with Gasteiger partial charge in [-0.1, -0.05) is 18.2 Å². The number of aryl methyl sites for hydroxylation is 1. The Hall–Kier alpha value is -2.59. The predicted molar refractivity (Wildman–Crippen MR) is 90.8 cm³/mol. The van der Waals surface area contributed by atoms with Crippen molar-refractivity contribution < 1.29 is 4.74 Å². The monoisotopic (exact) mass is 293 g/mol. The molecule has 0 amide bonds. The number of ether oxygens (including phenoxy) is 1. The molecular formula is C18H19N3O. The van der Waals surface area contributed by atoms with Crippen LogP contribution >= 0.6 is 0 Å². The van der Waals surface area contributed by atoms with Crippen molar-refractivity contribution in [3.05, 3.63) is 59.4 Å². The van der Waals surface area contributed by atoms with Crippen molar-refractivity contribution in [1.82, 2.24) is 9.97 Å². The molecule has 0 aliphatic rings. The first kappa shape index (κ1) is 14.4. The summed E-state index contributed by atoms with van der Waals surface area (Å²) < 4.78 is 5.29. The summed E-state index contributed by atoms with van der Waals surface area (Å²) in [6, 6.07) is 14.0. The summed E-state index contributed by atoms with van der Waals surface area (Å²) in [5.74, 6) is 1.70. The highest BCUT2D eigenvalue weighted by atomic mass is 16.5. The summed E-state index contributed by atoms with van der Waals surface area (Å²) in [5, 5.41) is 0. The number of hydrogen-bond acceptors (Lipinski definition) is 3. The van der Waals surface area contributed by atoms with Crippen molar-refractivity contribution in [3.63, 3.8) is 0 Å². The normalized spacial score (nSPS) is 11.9. The molecule has 0 saturated heterocycles. The SMILES string of the molecule is COc1ccc(/C=C(/CN)c2nc3ccccc3[nH]2)cc1C. The Morgan fingerprint density at radius 2 is 2.09 bits per heavy atom. The van der Waals surface area contributed by atoms with Crippen LogP contribution in [0.4, 0.5) is 0 Å². The number of nitrogens with two attached hydrogens (primary N) is 1. The van der Waals surface area contributed by atoms with E-state index in [1.807, 2.05) is 43.3 Å². The maximum atomic E-state index is 5.92. The van der Waals surface area contributed by atoms with E-state index in [1.165, 1.54) is 0 Å². The Labute approximate surface area is 129 Å². The first-order valence-corrected chi connectivity index (χ1v) is 7.21. The first-order chi connectivity index (χ1) is 10.7. The number of para-hydroxylation sites is 2. The molecule has 112 valence electrons. The highest BCUT2D eigenvalue weighted by Crippen LogP contribution is 2.23. The Kier molecular flexibility index (Phi) is 3.94. The summed E-state index contributed by atoms with van der Waals surface area (Å²) in [4.78, 5) is 7.93. The van der Waals surface area contributed by atoms with Gasteiger partial charge in [-0.2, -0.15) is 0 Å². The fraction of sp³-hybridized carbons (Fsp3) is 0.167. The number of nitrogens with one attached hydrogen (secondary N) is 1. The lowest BCUT2D eigenvalue weighted by Gasteiger charge is -2.06. The quantitative estimate of drug-likeness (QED) is 0.775. The fourth-order valence-corrected chi connectivity index (χ4v) is 2.52. The molecule has 0 bridgehead atoms. The number of aromatic nitrogens is 2. The second-order valence-corrected chi connectivity index (χ2v) is 5.21. The van der Waals surface area contributed by atoms with Crippen LogP contribution in [0.2, 0.25) is 0 Å². The van der Waals surface area contributed by atoms with Crippen molar-refractivity contribution >= 4 is 22.7 Å². The minimum Gasteiger partial charge on any atom is -0.496 e. The molecule has 0 fully saturated rings. The summed E-state index contributed by atoms with van der Waals surface area (Å²) in [5.41, 5.74) is 11.0. The molecule has 2 aromatic carbocycles. The molecule has 4 nitrogen and oxygen atoms in total. The molecule has 0 aliphatic carbocycles.